The van der Waals surface area contributed by atoms with E-state index in [1.807, 2.05) is 0 Å². The first-order valence-electron chi connectivity index (χ1n) is 6.05. The number of alkyl halides is 1. The highest BCUT2D eigenvalue weighted by Gasteiger charge is 2.22. The molecule has 0 spiro atoms. The summed E-state index contributed by atoms with van der Waals surface area (Å²) < 4.78 is 32.9. The number of ether oxygens (including phenoxy) is 1. The first-order chi connectivity index (χ1) is 8.17. The normalized spacial score (nSPS) is 18.4. The number of nitrogens with zero attached hydrogens (tertiary/aromatic N) is 1. The van der Waals surface area contributed by atoms with Crippen molar-refractivity contribution in [3.63, 3.8) is 0 Å². The zero-order valence-electron chi connectivity index (χ0n) is 10.0. The van der Waals surface area contributed by atoms with Crippen molar-refractivity contribution in [2.24, 2.45) is 0 Å². The summed E-state index contributed by atoms with van der Waals surface area (Å²) in [5, 5.41) is 0. The minimum atomic E-state index is -3.27. The maximum atomic E-state index is 11.8. The van der Waals surface area contributed by atoms with Crippen LogP contribution in [0.3, 0.4) is 0 Å². The molecule has 1 N–H and O–H groups in total. The Morgan fingerprint density at radius 1 is 1.18 bits per heavy atom. The maximum absolute atomic E-state index is 11.8. The molecule has 0 aromatic heterocycles. The molecule has 102 valence electrons. The predicted molar refractivity (Wildman–Crippen MR) is 68.5 cm³/mol. The third-order valence-corrected chi connectivity index (χ3v) is 4.39. The fourth-order valence-electron chi connectivity index (χ4n) is 1.73. The summed E-state index contributed by atoms with van der Waals surface area (Å²) in [6.45, 7) is 2.74. The number of piperidine rings is 1. The second-order valence-corrected chi connectivity index (χ2v) is 6.15. The van der Waals surface area contributed by atoms with E-state index in [9.17, 15) is 8.42 Å². The number of hydrogen-bond donors (Lipinski definition) is 1. The van der Waals surface area contributed by atoms with Crippen molar-refractivity contribution in [1.82, 2.24) is 9.03 Å². The molecule has 0 aromatic carbocycles. The van der Waals surface area contributed by atoms with Gasteiger partial charge in [0.2, 0.25) is 0 Å². The second-order valence-electron chi connectivity index (χ2n) is 4.01. The number of rotatable bonds is 8. The molecule has 0 saturated carbocycles. The lowest BCUT2D eigenvalue weighted by Crippen LogP contribution is -2.43. The monoisotopic (exact) mass is 284 g/mol. The Kier molecular flexibility index (Phi) is 7.38. The fourth-order valence-corrected chi connectivity index (χ4v) is 3.16. The van der Waals surface area contributed by atoms with Crippen LogP contribution < -0.4 is 4.72 Å². The summed E-state index contributed by atoms with van der Waals surface area (Å²) >= 11 is 5.45. The second kappa shape index (κ2) is 8.26. The highest BCUT2D eigenvalue weighted by molar-refractivity contribution is 7.87. The van der Waals surface area contributed by atoms with Crippen molar-refractivity contribution < 1.29 is 13.2 Å². The van der Waals surface area contributed by atoms with Gasteiger partial charge in [-0.15, -0.1) is 11.6 Å². The minimum Gasteiger partial charge on any atom is -0.380 e. The summed E-state index contributed by atoms with van der Waals surface area (Å²) in [4.78, 5) is 0. The van der Waals surface area contributed by atoms with Gasteiger partial charge in [-0.3, -0.25) is 0 Å². The van der Waals surface area contributed by atoms with Gasteiger partial charge < -0.3 is 4.74 Å². The largest absolute Gasteiger partial charge is 0.380 e. The van der Waals surface area contributed by atoms with Gasteiger partial charge in [0.25, 0.3) is 10.2 Å². The number of nitrogens with one attached hydrogen (secondary N) is 1. The van der Waals surface area contributed by atoms with Gasteiger partial charge in [-0.1, -0.05) is 6.42 Å². The zero-order chi connectivity index (χ0) is 12.6. The lowest BCUT2D eigenvalue weighted by Gasteiger charge is -2.25. The van der Waals surface area contributed by atoms with Gasteiger partial charge in [0.05, 0.1) is 6.61 Å². The highest BCUT2D eigenvalue weighted by atomic mass is 35.5. The Hall–Kier alpha value is 0.120. The van der Waals surface area contributed by atoms with Crippen LogP contribution in [0.1, 0.15) is 25.7 Å². The van der Waals surface area contributed by atoms with Crippen LogP contribution in [0.25, 0.3) is 0 Å². The van der Waals surface area contributed by atoms with Gasteiger partial charge in [0.1, 0.15) is 0 Å². The van der Waals surface area contributed by atoms with Crippen LogP contribution in [0.5, 0.6) is 0 Å². The molecule has 1 aliphatic rings. The first kappa shape index (κ1) is 15.2. The van der Waals surface area contributed by atoms with Crippen molar-refractivity contribution in [1.29, 1.82) is 0 Å². The predicted octanol–water partition coefficient (Wildman–Crippen LogP) is 0.952. The SMILES string of the molecule is O=S(=O)(NCCCOCCCl)N1CCCCC1. The Bertz CT molecular complexity index is 292. The summed E-state index contributed by atoms with van der Waals surface area (Å²) in [5.41, 5.74) is 0. The van der Waals surface area contributed by atoms with E-state index < -0.39 is 10.2 Å². The molecule has 1 heterocycles. The smallest absolute Gasteiger partial charge is 0.279 e. The van der Waals surface area contributed by atoms with E-state index in [1.165, 1.54) is 4.31 Å². The molecule has 0 unspecified atom stereocenters. The van der Waals surface area contributed by atoms with E-state index in [2.05, 4.69) is 4.72 Å². The molecule has 1 aliphatic heterocycles. The molecule has 0 aliphatic carbocycles. The maximum Gasteiger partial charge on any atom is 0.279 e. The lowest BCUT2D eigenvalue weighted by atomic mass is 10.2. The minimum absolute atomic E-state index is 0.418. The van der Waals surface area contributed by atoms with Crippen LogP contribution in [0, 0.1) is 0 Å². The standard InChI is InChI=1S/C10H21ClN2O3S/c11-5-10-16-9-4-6-12-17(14,15)13-7-2-1-3-8-13/h12H,1-10H2. The summed E-state index contributed by atoms with van der Waals surface area (Å²) in [6.07, 6.45) is 3.71. The topological polar surface area (TPSA) is 58.6 Å². The van der Waals surface area contributed by atoms with Crippen LogP contribution in [-0.4, -0.2) is 51.5 Å². The fraction of sp³-hybridized carbons (Fsp3) is 1.00. The lowest BCUT2D eigenvalue weighted by molar-refractivity contribution is 0.147. The van der Waals surface area contributed by atoms with E-state index in [-0.39, 0.29) is 0 Å². The molecule has 1 fully saturated rings. The van der Waals surface area contributed by atoms with E-state index in [0.717, 1.165) is 19.3 Å². The molecule has 0 radical (unpaired) electrons. The van der Waals surface area contributed by atoms with Crippen LogP contribution in [0.15, 0.2) is 0 Å². The molecular weight excluding hydrogens is 264 g/mol. The number of hydrogen-bond acceptors (Lipinski definition) is 3. The zero-order valence-corrected chi connectivity index (χ0v) is 11.6. The van der Waals surface area contributed by atoms with Crippen LogP contribution in [0.2, 0.25) is 0 Å². The molecule has 7 heteroatoms. The molecule has 1 rings (SSSR count). The van der Waals surface area contributed by atoms with Gasteiger partial charge in [0.15, 0.2) is 0 Å². The van der Waals surface area contributed by atoms with Gasteiger partial charge in [0, 0.05) is 32.1 Å². The third-order valence-electron chi connectivity index (χ3n) is 2.63. The van der Waals surface area contributed by atoms with Gasteiger partial charge in [-0.2, -0.15) is 12.7 Å². The van der Waals surface area contributed by atoms with Crippen molar-refractivity contribution in [2.45, 2.75) is 25.7 Å². The van der Waals surface area contributed by atoms with Crippen molar-refractivity contribution in [2.75, 3.05) is 38.7 Å². The van der Waals surface area contributed by atoms with E-state index >= 15 is 0 Å². The molecule has 0 aromatic rings. The Morgan fingerprint density at radius 3 is 2.53 bits per heavy atom. The molecule has 0 bridgehead atoms. The van der Waals surface area contributed by atoms with E-state index in [4.69, 9.17) is 16.3 Å². The summed E-state index contributed by atoms with van der Waals surface area (Å²) in [6, 6.07) is 0. The summed E-state index contributed by atoms with van der Waals surface area (Å²) in [5.74, 6) is 0.472. The van der Waals surface area contributed by atoms with Crippen LogP contribution >= 0.6 is 11.6 Å². The van der Waals surface area contributed by atoms with Crippen LogP contribution in [0.4, 0.5) is 0 Å². The van der Waals surface area contributed by atoms with Crippen molar-refractivity contribution in [3.05, 3.63) is 0 Å². The van der Waals surface area contributed by atoms with E-state index in [0.29, 0.717) is 45.1 Å². The number of halogens is 1. The van der Waals surface area contributed by atoms with E-state index in [1.54, 1.807) is 0 Å². The van der Waals surface area contributed by atoms with Crippen molar-refractivity contribution >= 4 is 21.8 Å². The first-order valence-corrected chi connectivity index (χ1v) is 8.03. The van der Waals surface area contributed by atoms with Gasteiger partial charge in [-0.25, -0.2) is 4.72 Å². The average molecular weight is 285 g/mol. The summed E-state index contributed by atoms with van der Waals surface area (Å²) in [7, 11) is -3.27. The van der Waals surface area contributed by atoms with Gasteiger partial charge >= 0.3 is 0 Å². The molecule has 5 nitrogen and oxygen atoms in total. The molecule has 1 saturated heterocycles. The third kappa shape index (κ3) is 6.01. The van der Waals surface area contributed by atoms with Gasteiger partial charge in [-0.05, 0) is 19.3 Å². The van der Waals surface area contributed by atoms with Crippen molar-refractivity contribution in [3.8, 4) is 0 Å². The average Bonchev–Trinajstić information content (AvgIpc) is 2.35. The molecule has 0 atom stereocenters. The Balaban J connectivity index is 2.15. The Labute approximate surface area is 109 Å². The molecule has 17 heavy (non-hydrogen) atoms. The van der Waals surface area contributed by atoms with Crippen LogP contribution in [-0.2, 0) is 14.9 Å². The molecule has 0 amide bonds. The highest BCUT2D eigenvalue weighted by Crippen LogP contribution is 2.11. The Morgan fingerprint density at radius 2 is 1.88 bits per heavy atom. The molecular formula is C10H21ClN2O3S. The quantitative estimate of drug-likeness (QED) is 0.533.